The molecule has 1 aliphatic rings. The first-order chi connectivity index (χ1) is 8.89. The van der Waals surface area contributed by atoms with E-state index < -0.39 is 23.8 Å². The summed E-state index contributed by atoms with van der Waals surface area (Å²) in [5.41, 5.74) is -0.561. The van der Waals surface area contributed by atoms with E-state index >= 15 is 0 Å². The molecule has 112 valence electrons. The maximum atomic E-state index is 12.8. The number of carboxylic acids is 1. The molecular formula is C13H15ClF3NO2. The highest BCUT2D eigenvalue weighted by Gasteiger charge is 2.35. The molecule has 1 N–H and O–H groups in total. The molecule has 1 fully saturated rings. The zero-order valence-corrected chi connectivity index (χ0v) is 11.4. The summed E-state index contributed by atoms with van der Waals surface area (Å²) in [5, 5.41) is 9.03. The second kappa shape index (κ2) is 6.45. The Balaban J connectivity index is 0.00000200. The first-order valence-corrected chi connectivity index (χ1v) is 6.01. The number of aliphatic carboxylic acids is 1. The van der Waals surface area contributed by atoms with Crippen LogP contribution in [0.2, 0.25) is 0 Å². The Bertz CT molecular complexity index is 479. The van der Waals surface area contributed by atoms with Crippen LogP contribution in [0, 0.1) is 0 Å². The number of hydrogen-bond donors (Lipinski definition) is 1. The minimum atomic E-state index is -4.41. The Labute approximate surface area is 120 Å². The molecule has 20 heavy (non-hydrogen) atoms. The SMILES string of the molecule is Cl.O=C(O)C1CCCN1Cc1ccccc1C(F)(F)F. The van der Waals surface area contributed by atoms with Gasteiger partial charge in [-0.05, 0) is 31.0 Å². The van der Waals surface area contributed by atoms with Crippen molar-refractivity contribution < 1.29 is 23.1 Å². The van der Waals surface area contributed by atoms with Crippen molar-refractivity contribution in [3.8, 4) is 0 Å². The Morgan fingerprint density at radius 3 is 2.60 bits per heavy atom. The second-order valence-electron chi connectivity index (χ2n) is 4.62. The summed E-state index contributed by atoms with van der Waals surface area (Å²) < 4.78 is 38.5. The second-order valence-corrected chi connectivity index (χ2v) is 4.62. The van der Waals surface area contributed by atoms with Crippen molar-refractivity contribution in [3.63, 3.8) is 0 Å². The number of rotatable bonds is 3. The van der Waals surface area contributed by atoms with Gasteiger partial charge < -0.3 is 5.11 Å². The van der Waals surface area contributed by atoms with Crippen LogP contribution in [0.1, 0.15) is 24.0 Å². The van der Waals surface area contributed by atoms with Gasteiger partial charge in [0.05, 0.1) is 5.56 Å². The fourth-order valence-electron chi connectivity index (χ4n) is 2.45. The number of carbonyl (C=O) groups is 1. The first-order valence-electron chi connectivity index (χ1n) is 6.01. The van der Waals surface area contributed by atoms with Gasteiger partial charge >= 0.3 is 12.1 Å². The Morgan fingerprint density at radius 1 is 1.35 bits per heavy atom. The molecule has 0 aliphatic carbocycles. The van der Waals surface area contributed by atoms with E-state index in [0.717, 1.165) is 6.07 Å². The Kier molecular flexibility index (Phi) is 5.42. The predicted molar refractivity (Wildman–Crippen MR) is 69.8 cm³/mol. The third-order valence-electron chi connectivity index (χ3n) is 3.34. The maximum Gasteiger partial charge on any atom is 0.416 e. The summed E-state index contributed by atoms with van der Waals surface area (Å²) >= 11 is 0. The summed E-state index contributed by atoms with van der Waals surface area (Å²) in [6.45, 7) is 0.538. The topological polar surface area (TPSA) is 40.5 Å². The molecule has 0 bridgehead atoms. The lowest BCUT2D eigenvalue weighted by Crippen LogP contribution is -2.35. The van der Waals surface area contributed by atoms with E-state index in [2.05, 4.69) is 0 Å². The zero-order valence-electron chi connectivity index (χ0n) is 10.6. The van der Waals surface area contributed by atoms with Crippen LogP contribution in [0.15, 0.2) is 24.3 Å². The fourth-order valence-corrected chi connectivity index (χ4v) is 2.45. The molecule has 1 aromatic carbocycles. The lowest BCUT2D eigenvalue weighted by atomic mass is 10.1. The number of likely N-dealkylation sites (tertiary alicyclic amines) is 1. The molecule has 0 radical (unpaired) electrons. The van der Waals surface area contributed by atoms with Crippen molar-refractivity contribution >= 4 is 18.4 Å². The van der Waals surface area contributed by atoms with Gasteiger partial charge in [0.15, 0.2) is 0 Å². The van der Waals surface area contributed by atoms with Crippen LogP contribution in [0.3, 0.4) is 0 Å². The number of benzene rings is 1. The van der Waals surface area contributed by atoms with E-state index in [1.54, 1.807) is 4.90 Å². The van der Waals surface area contributed by atoms with Crippen LogP contribution in [0.5, 0.6) is 0 Å². The maximum absolute atomic E-state index is 12.8. The third kappa shape index (κ3) is 3.64. The largest absolute Gasteiger partial charge is 0.480 e. The van der Waals surface area contributed by atoms with Gasteiger partial charge in [-0.1, -0.05) is 18.2 Å². The van der Waals surface area contributed by atoms with Gasteiger partial charge in [0.25, 0.3) is 0 Å². The van der Waals surface area contributed by atoms with Crippen LogP contribution in [0.25, 0.3) is 0 Å². The average Bonchev–Trinajstić information content (AvgIpc) is 2.76. The molecule has 1 aromatic rings. The van der Waals surface area contributed by atoms with Crippen LogP contribution in [-0.2, 0) is 17.5 Å². The molecule has 0 amide bonds. The lowest BCUT2D eigenvalue weighted by Gasteiger charge is -2.23. The minimum Gasteiger partial charge on any atom is -0.480 e. The van der Waals surface area contributed by atoms with Crippen LogP contribution < -0.4 is 0 Å². The minimum absolute atomic E-state index is 0. The quantitative estimate of drug-likeness (QED) is 0.932. The van der Waals surface area contributed by atoms with Crippen molar-refractivity contribution in [2.75, 3.05) is 6.54 Å². The third-order valence-corrected chi connectivity index (χ3v) is 3.34. The number of carboxylic acid groups (broad SMARTS) is 1. The molecule has 1 heterocycles. The van der Waals surface area contributed by atoms with Gasteiger partial charge in [-0.25, -0.2) is 0 Å². The van der Waals surface area contributed by atoms with Gasteiger partial charge in [0.1, 0.15) is 6.04 Å². The average molecular weight is 310 g/mol. The molecule has 1 unspecified atom stereocenters. The molecule has 1 aliphatic heterocycles. The van der Waals surface area contributed by atoms with E-state index in [9.17, 15) is 18.0 Å². The van der Waals surface area contributed by atoms with Crippen molar-refractivity contribution in [1.82, 2.24) is 4.90 Å². The molecule has 3 nitrogen and oxygen atoms in total. The highest BCUT2D eigenvalue weighted by Crippen LogP contribution is 2.33. The van der Waals surface area contributed by atoms with E-state index in [0.29, 0.717) is 19.4 Å². The van der Waals surface area contributed by atoms with E-state index in [4.69, 9.17) is 5.11 Å². The molecule has 2 rings (SSSR count). The Hall–Kier alpha value is -1.27. The van der Waals surface area contributed by atoms with Crippen molar-refractivity contribution in [3.05, 3.63) is 35.4 Å². The van der Waals surface area contributed by atoms with Gasteiger partial charge in [0.2, 0.25) is 0 Å². The predicted octanol–water partition coefficient (Wildman–Crippen LogP) is 3.18. The summed E-state index contributed by atoms with van der Waals surface area (Å²) in [5.74, 6) is -0.970. The van der Waals surface area contributed by atoms with Crippen molar-refractivity contribution in [1.29, 1.82) is 0 Å². The van der Waals surface area contributed by atoms with Gasteiger partial charge in [-0.2, -0.15) is 13.2 Å². The molecule has 7 heteroatoms. The molecule has 1 saturated heterocycles. The fraction of sp³-hybridized carbons (Fsp3) is 0.462. The lowest BCUT2D eigenvalue weighted by molar-refractivity contribution is -0.142. The van der Waals surface area contributed by atoms with E-state index in [1.807, 2.05) is 0 Å². The summed E-state index contributed by atoms with van der Waals surface area (Å²) in [7, 11) is 0. The molecule has 1 atom stereocenters. The zero-order chi connectivity index (χ0) is 14.0. The highest BCUT2D eigenvalue weighted by molar-refractivity contribution is 5.85. The van der Waals surface area contributed by atoms with Crippen molar-refractivity contribution in [2.45, 2.75) is 31.6 Å². The number of hydrogen-bond acceptors (Lipinski definition) is 2. The highest BCUT2D eigenvalue weighted by atomic mass is 35.5. The van der Waals surface area contributed by atoms with Crippen molar-refractivity contribution in [2.24, 2.45) is 0 Å². The van der Waals surface area contributed by atoms with Crippen LogP contribution in [-0.4, -0.2) is 28.6 Å². The smallest absolute Gasteiger partial charge is 0.416 e. The monoisotopic (exact) mass is 309 g/mol. The van der Waals surface area contributed by atoms with Crippen LogP contribution in [0.4, 0.5) is 13.2 Å². The standard InChI is InChI=1S/C13H14F3NO2.ClH/c14-13(15,16)10-5-2-1-4-9(10)8-17-7-3-6-11(17)12(18)19;/h1-2,4-5,11H,3,6-8H2,(H,18,19);1H. The molecular weight excluding hydrogens is 295 g/mol. The summed E-state index contributed by atoms with van der Waals surface area (Å²) in [6.07, 6.45) is -3.22. The molecule has 0 aromatic heterocycles. The van der Waals surface area contributed by atoms with Gasteiger partial charge in [-0.3, -0.25) is 9.69 Å². The first kappa shape index (κ1) is 16.8. The normalized spacial score (nSPS) is 19.6. The molecule has 0 spiro atoms. The molecule has 0 saturated carbocycles. The van der Waals surface area contributed by atoms with Crippen LogP contribution >= 0.6 is 12.4 Å². The van der Waals surface area contributed by atoms with Gasteiger partial charge in [-0.15, -0.1) is 12.4 Å². The number of halogens is 4. The van der Waals surface area contributed by atoms with Gasteiger partial charge in [0, 0.05) is 6.54 Å². The number of nitrogens with zero attached hydrogens (tertiary/aromatic N) is 1. The summed E-state index contributed by atoms with van der Waals surface area (Å²) in [4.78, 5) is 12.6. The van der Waals surface area contributed by atoms with E-state index in [-0.39, 0.29) is 24.5 Å². The summed E-state index contributed by atoms with van der Waals surface area (Å²) in [6, 6.07) is 4.63. The number of alkyl halides is 3. The van der Waals surface area contributed by atoms with E-state index in [1.165, 1.54) is 18.2 Å². The Morgan fingerprint density at radius 2 is 2.00 bits per heavy atom.